The average Bonchev–Trinajstić information content (AvgIpc) is 3.24. The van der Waals surface area contributed by atoms with Gasteiger partial charge >= 0.3 is 0 Å². The van der Waals surface area contributed by atoms with Gasteiger partial charge in [-0.2, -0.15) is 0 Å². The maximum Gasteiger partial charge on any atom is 0.136 e. The van der Waals surface area contributed by atoms with E-state index in [4.69, 9.17) is 9.47 Å². The molecule has 0 spiro atoms. The number of rotatable bonds is 7. The fourth-order valence-corrected chi connectivity index (χ4v) is 5.12. The molecule has 2 atom stereocenters. The Morgan fingerprint density at radius 1 is 1.07 bits per heavy atom. The van der Waals surface area contributed by atoms with Crippen LogP contribution in [0.2, 0.25) is 0 Å². The predicted octanol–water partition coefficient (Wildman–Crippen LogP) is 5.56. The van der Waals surface area contributed by atoms with E-state index in [1.54, 1.807) is 0 Å². The Morgan fingerprint density at radius 3 is 2.63 bits per heavy atom. The molecule has 27 heavy (non-hydrogen) atoms. The maximum absolute atomic E-state index is 6.35. The number of para-hydroxylation sites is 1. The molecule has 0 bridgehead atoms. The third-order valence-electron chi connectivity index (χ3n) is 5.42. The van der Waals surface area contributed by atoms with E-state index in [9.17, 15) is 0 Å². The van der Waals surface area contributed by atoms with E-state index in [1.807, 2.05) is 17.8 Å². The number of fused-ring (bicyclic) bond motifs is 1. The Hall–Kier alpha value is -1.65. The summed E-state index contributed by atoms with van der Waals surface area (Å²) in [6.07, 6.45) is 4.98. The van der Waals surface area contributed by atoms with E-state index in [0.29, 0.717) is 5.25 Å². The quantitative estimate of drug-likeness (QED) is 0.584. The number of likely N-dealkylation sites (tertiary alicyclic amines) is 1. The Kier molecular flexibility index (Phi) is 6.25. The molecule has 4 rings (SSSR count). The molecule has 0 radical (unpaired) electrons. The highest BCUT2D eigenvalue weighted by Gasteiger charge is 2.30. The number of thioether (sulfide) groups is 1. The van der Waals surface area contributed by atoms with Crippen LogP contribution in [0.15, 0.2) is 53.4 Å². The molecule has 144 valence electrons. The Balaban J connectivity index is 1.34. The summed E-state index contributed by atoms with van der Waals surface area (Å²) >= 11 is 1.93. The minimum atomic E-state index is 0.0964. The standard InChI is InChI=1S/C23H29NO2S/c1-2-21-23(26-20-8-3-4-9-22(20)27-21)18-10-12-19(13-11-18)25-17-7-16-24-14-5-6-15-24/h3-4,8-13,21,23H,2,5-7,14-17H2,1H3/t21-,23+/m0/s1. The van der Waals surface area contributed by atoms with Gasteiger partial charge in [0.2, 0.25) is 0 Å². The SMILES string of the molecule is CC[C@@H]1Sc2ccccc2O[C@@H]1c1ccc(OCCCN2CCCC2)cc1. The van der Waals surface area contributed by atoms with Crippen molar-refractivity contribution in [2.24, 2.45) is 0 Å². The van der Waals surface area contributed by atoms with Crippen LogP contribution in [0.3, 0.4) is 0 Å². The van der Waals surface area contributed by atoms with Crippen molar-refractivity contribution in [3.05, 3.63) is 54.1 Å². The van der Waals surface area contributed by atoms with Gasteiger partial charge in [-0.15, -0.1) is 11.8 Å². The van der Waals surface area contributed by atoms with Crippen molar-refractivity contribution < 1.29 is 9.47 Å². The van der Waals surface area contributed by atoms with E-state index in [2.05, 4.69) is 54.3 Å². The van der Waals surface area contributed by atoms with Gasteiger partial charge < -0.3 is 14.4 Å². The van der Waals surface area contributed by atoms with Crippen LogP contribution in [0.4, 0.5) is 0 Å². The zero-order valence-electron chi connectivity index (χ0n) is 16.1. The molecule has 0 aliphatic carbocycles. The molecule has 1 fully saturated rings. The lowest BCUT2D eigenvalue weighted by atomic mass is 10.0. The molecule has 2 heterocycles. The van der Waals surface area contributed by atoms with Crippen molar-refractivity contribution >= 4 is 11.8 Å². The number of ether oxygens (including phenoxy) is 2. The van der Waals surface area contributed by atoms with Crippen LogP contribution in [0, 0.1) is 0 Å². The van der Waals surface area contributed by atoms with Crippen LogP contribution in [0.5, 0.6) is 11.5 Å². The van der Waals surface area contributed by atoms with Gasteiger partial charge in [0.1, 0.15) is 17.6 Å². The van der Waals surface area contributed by atoms with Gasteiger partial charge in [-0.25, -0.2) is 0 Å². The first-order chi connectivity index (χ1) is 13.3. The summed E-state index contributed by atoms with van der Waals surface area (Å²) in [6, 6.07) is 16.9. The zero-order chi connectivity index (χ0) is 18.5. The topological polar surface area (TPSA) is 21.7 Å². The highest BCUT2D eigenvalue weighted by molar-refractivity contribution is 8.00. The van der Waals surface area contributed by atoms with Crippen molar-refractivity contribution in [2.75, 3.05) is 26.2 Å². The summed E-state index contributed by atoms with van der Waals surface area (Å²) in [5.41, 5.74) is 1.23. The lowest BCUT2D eigenvalue weighted by Crippen LogP contribution is -2.24. The molecular weight excluding hydrogens is 354 g/mol. The summed E-state index contributed by atoms with van der Waals surface area (Å²) in [7, 11) is 0. The van der Waals surface area contributed by atoms with Crippen molar-refractivity contribution in [1.82, 2.24) is 4.90 Å². The van der Waals surface area contributed by atoms with Crippen molar-refractivity contribution in [2.45, 2.75) is 48.9 Å². The summed E-state index contributed by atoms with van der Waals surface area (Å²) in [5.74, 6) is 1.96. The molecule has 0 amide bonds. The lowest BCUT2D eigenvalue weighted by Gasteiger charge is -2.33. The highest BCUT2D eigenvalue weighted by Crippen LogP contribution is 2.46. The van der Waals surface area contributed by atoms with Crippen LogP contribution in [-0.4, -0.2) is 36.4 Å². The predicted molar refractivity (Wildman–Crippen MR) is 112 cm³/mol. The molecule has 2 aromatic rings. The van der Waals surface area contributed by atoms with Gasteiger partial charge in [-0.3, -0.25) is 0 Å². The Morgan fingerprint density at radius 2 is 1.85 bits per heavy atom. The Bertz CT molecular complexity index is 727. The van der Waals surface area contributed by atoms with Gasteiger partial charge in [0, 0.05) is 11.4 Å². The molecule has 0 unspecified atom stereocenters. The first kappa shape index (κ1) is 18.7. The summed E-state index contributed by atoms with van der Waals surface area (Å²) in [4.78, 5) is 3.78. The molecule has 0 saturated carbocycles. The van der Waals surface area contributed by atoms with Crippen molar-refractivity contribution in [3.8, 4) is 11.5 Å². The summed E-state index contributed by atoms with van der Waals surface area (Å²) in [5, 5.41) is 0.437. The lowest BCUT2D eigenvalue weighted by molar-refractivity contribution is 0.188. The van der Waals surface area contributed by atoms with Gasteiger partial charge in [0.25, 0.3) is 0 Å². The van der Waals surface area contributed by atoms with E-state index in [0.717, 1.165) is 37.5 Å². The average molecular weight is 384 g/mol. The molecule has 2 aliphatic heterocycles. The number of hydrogen-bond donors (Lipinski definition) is 0. The monoisotopic (exact) mass is 383 g/mol. The smallest absolute Gasteiger partial charge is 0.136 e. The fourth-order valence-electron chi connectivity index (χ4n) is 3.90. The van der Waals surface area contributed by atoms with Crippen molar-refractivity contribution in [3.63, 3.8) is 0 Å². The number of nitrogens with zero attached hydrogens (tertiary/aromatic N) is 1. The zero-order valence-corrected chi connectivity index (χ0v) is 16.9. The van der Waals surface area contributed by atoms with Gasteiger partial charge in [-0.05, 0) is 68.6 Å². The van der Waals surface area contributed by atoms with E-state index in [1.165, 1.54) is 36.4 Å². The largest absolute Gasteiger partial charge is 0.494 e. The molecule has 0 aromatic heterocycles. The summed E-state index contributed by atoms with van der Waals surface area (Å²) < 4.78 is 12.3. The van der Waals surface area contributed by atoms with Gasteiger partial charge in [-0.1, -0.05) is 31.2 Å². The normalized spacial score (nSPS) is 22.3. The number of hydrogen-bond acceptors (Lipinski definition) is 4. The highest BCUT2D eigenvalue weighted by atomic mass is 32.2. The molecule has 4 heteroatoms. The molecule has 2 aliphatic rings. The van der Waals surface area contributed by atoms with Gasteiger partial charge in [0.15, 0.2) is 0 Å². The second-order valence-corrected chi connectivity index (χ2v) is 8.65. The van der Waals surface area contributed by atoms with Crippen LogP contribution < -0.4 is 9.47 Å². The molecule has 3 nitrogen and oxygen atoms in total. The van der Waals surface area contributed by atoms with Crippen LogP contribution in [-0.2, 0) is 0 Å². The van der Waals surface area contributed by atoms with E-state index in [-0.39, 0.29) is 6.10 Å². The minimum absolute atomic E-state index is 0.0964. The third kappa shape index (κ3) is 4.61. The molecular formula is C23H29NO2S. The van der Waals surface area contributed by atoms with Crippen LogP contribution >= 0.6 is 11.8 Å². The summed E-state index contributed by atoms with van der Waals surface area (Å²) in [6.45, 7) is 6.70. The second-order valence-electron chi connectivity index (χ2n) is 7.37. The molecule has 1 saturated heterocycles. The third-order valence-corrected chi connectivity index (χ3v) is 6.89. The Labute approximate surface area is 167 Å². The molecule has 0 N–H and O–H groups in total. The fraction of sp³-hybridized carbons (Fsp3) is 0.478. The first-order valence-electron chi connectivity index (χ1n) is 10.2. The molecule has 2 aromatic carbocycles. The minimum Gasteiger partial charge on any atom is -0.494 e. The second kappa shape index (κ2) is 9.03. The first-order valence-corrected chi connectivity index (χ1v) is 11.1. The van der Waals surface area contributed by atoms with E-state index < -0.39 is 0 Å². The maximum atomic E-state index is 6.35. The van der Waals surface area contributed by atoms with E-state index >= 15 is 0 Å². The number of benzene rings is 2. The van der Waals surface area contributed by atoms with Gasteiger partial charge in [0.05, 0.1) is 11.9 Å². The van der Waals surface area contributed by atoms with Crippen LogP contribution in [0.1, 0.15) is 44.3 Å². The van der Waals surface area contributed by atoms with Crippen LogP contribution in [0.25, 0.3) is 0 Å². The van der Waals surface area contributed by atoms with Crippen molar-refractivity contribution in [1.29, 1.82) is 0 Å².